The van der Waals surface area contributed by atoms with Crippen molar-refractivity contribution in [3.8, 4) is 0 Å². The van der Waals surface area contributed by atoms with Gasteiger partial charge < -0.3 is 4.74 Å². The highest BCUT2D eigenvalue weighted by molar-refractivity contribution is 4.91. The van der Waals surface area contributed by atoms with E-state index < -0.39 is 0 Å². The SMILES string of the molecule is CCC1C[C@H](C(C)(C)C)C(C(C)(C)C)CO1. The molecule has 1 rings (SSSR count). The van der Waals surface area contributed by atoms with Crippen LogP contribution in [0.15, 0.2) is 0 Å². The maximum absolute atomic E-state index is 5.99. The monoisotopic (exact) mass is 226 g/mol. The van der Waals surface area contributed by atoms with Crippen LogP contribution in [0.4, 0.5) is 0 Å². The predicted octanol–water partition coefficient (Wildman–Crippen LogP) is 4.51. The van der Waals surface area contributed by atoms with E-state index in [0.29, 0.717) is 22.9 Å². The van der Waals surface area contributed by atoms with E-state index in [2.05, 4.69) is 48.5 Å². The third kappa shape index (κ3) is 3.23. The van der Waals surface area contributed by atoms with Crippen molar-refractivity contribution in [2.24, 2.45) is 22.7 Å². The second-order valence-electron chi connectivity index (χ2n) is 7.54. The normalized spacial score (nSPS) is 32.8. The standard InChI is InChI=1S/C15H30O/c1-8-11-9-12(14(2,3)4)13(10-16-11)15(5,6)7/h11-13H,8-10H2,1-7H3/t11?,12-,13?/m0/s1. The molecule has 0 amide bonds. The molecule has 0 spiro atoms. The van der Waals surface area contributed by atoms with Crippen LogP contribution in [0.3, 0.4) is 0 Å². The van der Waals surface area contributed by atoms with Gasteiger partial charge in [0.2, 0.25) is 0 Å². The van der Waals surface area contributed by atoms with Gasteiger partial charge in [-0.15, -0.1) is 0 Å². The molecular weight excluding hydrogens is 196 g/mol. The van der Waals surface area contributed by atoms with Gasteiger partial charge >= 0.3 is 0 Å². The van der Waals surface area contributed by atoms with Gasteiger partial charge in [0.05, 0.1) is 12.7 Å². The minimum absolute atomic E-state index is 0.358. The molecule has 0 saturated carbocycles. The Morgan fingerprint density at radius 3 is 1.81 bits per heavy atom. The molecule has 0 N–H and O–H groups in total. The van der Waals surface area contributed by atoms with E-state index in [0.717, 1.165) is 18.9 Å². The zero-order valence-electron chi connectivity index (χ0n) is 12.3. The highest BCUT2D eigenvalue weighted by Crippen LogP contribution is 2.46. The zero-order chi connectivity index (χ0) is 12.6. The molecule has 1 heterocycles. The Labute approximate surface area is 102 Å². The molecule has 0 radical (unpaired) electrons. The summed E-state index contributed by atoms with van der Waals surface area (Å²) in [5.41, 5.74) is 0.756. The molecule has 16 heavy (non-hydrogen) atoms. The second kappa shape index (κ2) is 4.68. The van der Waals surface area contributed by atoms with E-state index in [4.69, 9.17) is 4.74 Å². The van der Waals surface area contributed by atoms with Crippen molar-refractivity contribution >= 4 is 0 Å². The first-order valence-electron chi connectivity index (χ1n) is 6.78. The van der Waals surface area contributed by atoms with Gasteiger partial charge in [0.15, 0.2) is 0 Å². The van der Waals surface area contributed by atoms with Crippen LogP contribution >= 0.6 is 0 Å². The van der Waals surface area contributed by atoms with Gasteiger partial charge in [-0.1, -0.05) is 48.5 Å². The van der Waals surface area contributed by atoms with E-state index in [1.165, 1.54) is 6.42 Å². The third-order valence-corrected chi connectivity index (χ3v) is 4.19. The number of hydrogen-bond acceptors (Lipinski definition) is 1. The maximum Gasteiger partial charge on any atom is 0.0575 e. The van der Waals surface area contributed by atoms with Gasteiger partial charge in [-0.25, -0.2) is 0 Å². The number of ether oxygens (including phenoxy) is 1. The van der Waals surface area contributed by atoms with Crippen LogP contribution in [0.2, 0.25) is 0 Å². The molecule has 3 atom stereocenters. The summed E-state index contributed by atoms with van der Waals surface area (Å²) in [6, 6.07) is 0. The fourth-order valence-corrected chi connectivity index (χ4v) is 2.97. The van der Waals surface area contributed by atoms with Crippen LogP contribution in [-0.2, 0) is 4.74 Å². The first kappa shape index (κ1) is 14.0. The van der Waals surface area contributed by atoms with Gasteiger partial charge in [-0.2, -0.15) is 0 Å². The lowest BCUT2D eigenvalue weighted by molar-refractivity contribution is -0.108. The van der Waals surface area contributed by atoms with E-state index in [9.17, 15) is 0 Å². The van der Waals surface area contributed by atoms with Crippen LogP contribution in [-0.4, -0.2) is 12.7 Å². The minimum atomic E-state index is 0.358. The molecule has 1 fully saturated rings. The molecule has 0 aromatic carbocycles. The average Bonchev–Trinajstić information content (AvgIpc) is 2.14. The summed E-state index contributed by atoms with van der Waals surface area (Å²) in [5.74, 6) is 1.47. The Morgan fingerprint density at radius 2 is 1.44 bits per heavy atom. The lowest BCUT2D eigenvalue weighted by Gasteiger charge is -2.48. The van der Waals surface area contributed by atoms with E-state index >= 15 is 0 Å². The molecule has 1 aliphatic heterocycles. The molecule has 1 heteroatoms. The van der Waals surface area contributed by atoms with Gasteiger partial charge in [0.25, 0.3) is 0 Å². The fourth-order valence-electron chi connectivity index (χ4n) is 2.97. The van der Waals surface area contributed by atoms with Crippen molar-refractivity contribution in [1.82, 2.24) is 0 Å². The summed E-state index contributed by atoms with van der Waals surface area (Å²) in [7, 11) is 0. The highest BCUT2D eigenvalue weighted by atomic mass is 16.5. The fraction of sp³-hybridized carbons (Fsp3) is 1.00. The van der Waals surface area contributed by atoms with Crippen LogP contribution in [0, 0.1) is 22.7 Å². The number of rotatable bonds is 1. The zero-order valence-corrected chi connectivity index (χ0v) is 12.3. The van der Waals surface area contributed by atoms with Gasteiger partial charge in [-0.3, -0.25) is 0 Å². The molecule has 0 bridgehead atoms. The second-order valence-corrected chi connectivity index (χ2v) is 7.54. The first-order valence-corrected chi connectivity index (χ1v) is 6.78. The third-order valence-electron chi connectivity index (χ3n) is 4.19. The smallest absolute Gasteiger partial charge is 0.0575 e. The first-order chi connectivity index (χ1) is 7.16. The van der Waals surface area contributed by atoms with Crippen LogP contribution < -0.4 is 0 Å². The lowest BCUT2D eigenvalue weighted by atomic mass is 9.62. The Bertz CT molecular complexity index is 219. The summed E-state index contributed by atoms with van der Waals surface area (Å²) in [5, 5.41) is 0. The molecular formula is C15H30O. The van der Waals surface area contributed by atoms with Gasteiger partial charge in [0.1, 0.15) is 0 Å². The Kier molecular flexibility index (Phi) is 4.10. The van der Waals surface area contributed by atoms with Gasteiger partial charge in [0, 0.05) is 0 Å². The summed E-state index contributed by atoms with van der Waals surface area (Å²) in [6.45, 7) is 17.4. The van der Waals surface area contributed by atoms with Crippen molar-refractivity contribution in [2.75, 3.05) is 6.61 Å². The number of hydrogen-bond donors (Lipinski definition) is 0. The molecule has 0 aliphatic carbocycles. The van der Waals surface area contributed by atoms with E-state index in [1.54, 1.807) is 0 Å². The summed E-state index contributed by atoms with van der Waals surface area (Å²) in [4.78, 5) is 0. The lowest BCUT2D eigenvalue weighted by Crippen LogP contribution is -2.45. The van der Waals surface area contributed by atoms with Crippen molar-refractivity contribution < 1.29 is 4.74 Å². The van der Waals surface area contributed by atoms with Crippen molar-refractivity contribution in [1.29, 1.82) is 0 Å². The molecule has 1 nitrogen and oxygen atoms in total. The van der Waals surface area contributed by atoms with Crippen molar-refractivity contribution in [2.45, 2.75) is 67.4 Å². The summed E-state index contributed by atoms with van der Waals surface area (Å²) in [6.07, 6.45) is 2.88. The Balaban J connectivity index is 2.85. The quantitative estimate of drug-likeness (QED) is 0.639. The van der Waals surface area contributed by atoms with Gasteiger partial charge in [-0.05, 0) is 35.5 Å². The topological polar surface area (TPSA) is 9.23 Å². The van der Waals surface area contributed by atoms with E-state index in [-0.39, 0.29) is 0 Å². The molecule has 1 saturated heterocycles. The van der Waals surface area contributed by atoms with Crippen LogP contribution in [0.5, 0.6) is 0 Å². The van der Waals surface area contributed by atoms with Crippen LogP contribution in [0.25, 0.3) is 0 Å². The molecule has 1 aliphatic rings. The molecule has 2 unspecified atom stereocenters. The Morgan fingerprint density at radius 1 is 0.938 bits per heavy atom. The minimum Gasteiger partial charge on any atom is -0.378 e. The molecule has 96 valence electrons. The molecule has 0 aromatic heterocycles. The molecule has 0 aromatic rings. The summed E-state index contributed by atoms with van der Waals surface area (Å²) >= 11 is 0. The maximum atomic E-state index is 5.99. The van der Waals surface area contributed by atoms with Crippen molar-refractivity contribution in [3.05, 3.63) is 0 Å². The van der Waals surface area contributed by atoms with Crippen molar-refractivity contribution in [3.63, 3.8) is 0 Å². The van der Waals surface area contributed by atoms with E-state index in [1.807, 2.05) is 0 Å². The Hall–Kier alpha value is -0.0400. The summed E-state index contributed by atoms with van der Waals surface area (Å²) < 4.78 is 5.99. The predicted molar refractivity (Wildman–Crippen MR) is 70.5 cm³/mol. The van der Waals surface area contributed by atoms with Crippen LogP contribution in [0.1, 0.15) is 61.3 Å². The largest absolute Gasteiger partial charge is 0.378 e. The average molecular weight is 226 g/mol. The highest BCUT2D eigenvalue weighted by Gasteiger charge is 2.42.